The maximum atomic E-state index is 11.7. The summed E-state index contributed by atoms with van der Waals surface area (Å²) in [5.74, 6) is -1.25. The molecular weight excluding hydrogens is 322 g/mol. The Kier molecular flexibility index (Phi) is 3.94. The number of nitrogen functional groups attached to an aromatic ring is 2. The predicted octanol–water partition coefficient (Wildman–Crippen LogP) is 2.12. The maximum Gasteiger partial charge on any atom is 0.336 e. The van der Waals surface area contributed by atoms with Gasteiger partial charge in [0.05, 0.1) is 16.5 Å². The van der Waals surface area contributed by atoms with Gasteiger partial charge in [-0.15, -0.1) is 0 Å². The van der Waals surface area contributed by atoms with Crippen molar-refractivity contribution in [2.24, 2.45) is 0 Å². The molecule has 3 aromatic rings. The number of rotatable bonds is 3. The first-order chi connectivity index (χ1) is 11.9. The first-order valence-corrected chi connectivity index (χ1v) is 7.34. The number of nitrogens with zero attached hydrogens (tertiary/aromatic N) is 2. The van der Waals surface area contributed by atoms with Gasteiger partial charge >= 0.3 is 5.97 Å². The van der Waals surface area contributed by atoms with Crippen molar-refractivity contribution in [3.05, 3.63) is 42.0 Å². The fraction of sp³-hybridized carbons (Fsp3) is 0.0588. The molecule has 8 heteroatoms. The summed E-state index contributed by atoms with van der Waals surface area (Å²) in [7, 11) is 0. The van der Waals surface area contributed by atoms with Gasteiger partial charge in [0, 0.05) is 18.2 Å². The molecule has 25 heavy (non-hydrogen) atoms. The fourth-order valence-electron chi connectivity index (χ4n) is 2.71. The van der Waals surface area contributed by atoms with Crippen molar-refractivity contribution in [1.82, 2.24) is 9.97 Å². The van der Waals surface area contributed by atoms with Crippen molar-refractivity contribution in [1.29, 1.82) is 0 Å². The molecule has 0 aliphatic heterocycles. The van der Waals surface area contributed by atoms with Gasteiger partial charge in [-0.25, -0.2) is 9.78 Å². The second kappa shape index (κ2) is 6.08. The van der Waals surface area contributed by atoms with Crippen LogP contribution >= 0.6 is 0 Å². The molecule has 126 valence electrons. The molecule has 8 nitrogen and oxygen atoms in total. The number of carbonyl (C=O) groups excluding carboxylic acids is 1. The van der Waals surface area contributed by atoms with E-state index < -0.39 is 5.97 Å². The van der Waals surface area contributed by atoms with Crippen molar-refractivity contribution < 1.29 is 14.7 Å². The molecule has 0 aliphatic carbocycles. The highest BCUT2D eigenvalue weighted by molar-refractivity contribution is 6.10. The average molecular weight is 337 g/mol. The van der Waals surface area contributed by atoms with Crippen LogP contribution in [0.15, 0.2) is 36.4 Å². The Bertz CT molecular complexity index is 1020. The number of aromatic carboxylic acids is 1. The van der Waals surface area contributed by atoms with E-state index in [1.165, 1.54) is 19.1 Å². The first kappa shape index (κ1) is 16.2. The third kappa shape index (κ3) is 3.05. The lowest BCUT2D eigenvalue weighted by Gasteiger charge is -2.13. The van der Waals surface area contributed by atoms with Crippen LogP contribution in [-0.2, 0) is 4.79 Å². The van der Waals surface area contributed by atoms with Crippen LogP contribution in [0.3, 0.4) is 0 Å². The van der Waals surface area contributed by atoms with E-state index in [9.17, 15) is 14.7 Å². The Morgan fingerprint density at radius 3 is 2.56 bits per heavy atom. The van der Waals surface area contributed by atoms with Gasteiger partial charge < -0.3 is 21.9 Å². The number of aromatic nitrogens is 2. The number of fused-ring (bicyclic) bond motifs is 1. The molecule has 0 radical (unpaired) electrons. The lowest BCUT2D eigenvalue weighted by atomic mass is 9.95. The first-order valence-electron chi connectivity index (χ1n) is 7.34. The van der Waals surface area contributed by atoms with Crippen molar-refractivity contribution in [3.8, 4) is 11.1 Å². The van der Waals surface area contributed by atoms with E-state index in [0.717, 1.165) is 0 Å². The van der Waals surface area contributed by atoms with E-state index >= 15 is 0 Å². The molecule has 6 N–H and O–H groups in total. The summed E-state index contributed by atoms with van der Waals surface area (Å²) < 4.78 is 0. The minimum Gasteiger partial charge on any atom is -0.478 e. The molecule has 0 fully saturated rings. The van der Waals surface area contributed by atoms with E-state index in [0.29, 0.717) is 27.7 Å². The normalized spacial score (nSPS) is 10.6. The summed E-state index contributed by atoms with van der Waals surface area (Å²) in [5.41, 5.74) is 13.6. The molecular formula is C17H15N5O3. The molecule has 3 rings (SSSR count). The fourth-order valence-corrected chi connectivity index (χ4v) is 2.71. The summed E-state index contributed by atoms with van der Waals surface area (Å²) in [6.45, 7) is 1.39. The van der Waals surface area contributed by atoms with Crippen LogP contribution in [0.25, 0.3) is 22.0 Å². The zero-order valence-electron chi connectivity index (χ0n) is 13.3. The summed E-state index contributed by atoms with van der Waals surface area (Å²) in [5, 5.41) is 12.6. The zero-order chi connectivity index (χ0) is 18.1. The zero-order valence-corrected chi connectivity index (χ0v) is 13.3. The van der Waals surface area contributed by atoms with Crippen molar-refractivity contribution in [2.75, 3.05) is 16.8 Å². The van der Waals surface area contributed by atoms with Crippen molar-refractivity contribution >= 4 is 40.2 Å². The van der Waals surface area contributed by atoms with Gasteiger partial charge in [-0.3, -0.25) is 4.79 Å². The number of carboxylic acid groups (broad SMARTS) is 1. The largest absolute Gasteiger partial charge is 0.478 e. The third-order valence-electron chi connectivity index (χ3n) is 3.61. The van der Waals surface area contributed by atoms with Gasteiger partial charge in [0.2, 0.25) is 11.9 Å². The Labute approximate surface area is 142 Å². The van der Waals surface area contributed by atoms with E-state index in [1.807, 2.05) is 0 Å². The molecule has 0 aliphatic rings. The summed E-state index contributed by atoms with van der Waals surface area (Å²) in [6.07, 6.45) is 0. The Morgan fingerprint density at radius 2 is 1.88 bits per heavy atom. The minimum atomic E-state index is -1.11. The van der Waals surface area contributed by atoms with Crippen molar-refractivity contribution in [3.63, 3.8) is 0 Å². The molecule has 1 aromatic heterocycles. The van der Waals surface area contributed by atoms with Gasteiger partial charge in [-0.2, -0.15) is 4.98 Å². The van der Waals surface area contributed by atoms with Crippen LogP contribution in [0.1, 0.15) is 17.3 Å². The minimum absolute atomic E-state index is 0.00558. The van der Waals surface area contributed by atoms with E-state index in [-0.39, 0.29) is 23.2 Å². The standard InChI is InChI=1S/C17H15N5O3/c1-8(23)20-10-4-2-3-9(7-10)13-11(16(24)25)5-6-12-14(13)15(18)22-17(19)21-12/h2-7H,1H3,(H,20,23)(H,24,25)(H4,18,19,21,22). The molecule has 1 heterocycles. The molecule has 0 unspecified atom stereocenters. The highest BCUT2D eigenvalue weighted by atomic mass is 16.4. The molecule has 0 spiro atoms. The molecule has 1 amide bonds. The average Bonchev–Trinajstić information content (AvgIpc) is 2.53. The second-order valence-corrected chi connectivity index (χ2v) is 5.42. The quantitative estimate of drug-likeness (QED) is 0.573. The highest BCUT2D eigenvalue weighted by Crippen LogP contribution is 2.35. The van der Waals surface area contributed by atoms with Gasteiger partial charge in [-0.1, -0.05) is 12.1 Å². The molecule has 0 saturated carbocycles. The summed E-state index contributed by atoms with van der Waals surface area (Å²) in [6, 6.07) is 9.78. The van der Waals surface area contributed by atoms with E-state index in [4.69, 9.17) is 11.5 Å². The number of hydrogen-bond donors (Lipinski definition) is 4. The van der Waals surface area contributed by atoms with Gasteiger partial charge in [0.15, 0.2) is 0 Å². The number of nitrogens with two attached hydrogens (primary N) is 2. The molecule has 0 saturated heterocycles. The summed E-state index contributed by atoms with van der Waals surface area (Å²) in [4.78, 5) is 31.0. The smallest absolute Gasteiger partial charge is 0.336 e. The van der Waals surface area contributed by atoms with Crippen LogP contribution in [-0.4, -0.2) is 27.0 Å². The SMILES string of the molecule is CC(=O)Nc1cccc(-c2c(C(=O)O)ccc3nc(N)nc(N)c23)c1. The van der Waals surface area contributed by atoms with Gasteiger partial charge in [-0.05, 0) is 29.8 Å². The lowest BCUT2D eigenvalue weighted by Crippen LogP contribution is -2.07. The number of benzene rings is 2. The number of hydrogen-bond acceptors (Lipinski definition) is 6. The number of anilines is 3. The molecule has 0 atom stereocenters. The number of carboxylic acids is 1. The second-order valence-electron chi connectivity index (χ2n) is 5.42. The van der Waals surface area contributed by atoms with Crippen molar-refractivity contribution in [2.45, 2.75) is 6.92 Å². The number of nitrogens with one attached hydrogen (secondary N) is 1. The van der Waals surface area contributed by atoms with E-state index in [1.54, 1.807) is 24.3 Å². The van der Waals surface area contributed by atoms with Crippen LogP contribution in [0.2, 0.25) is 0 Å². The van der Waals surface area contributed by atoms with Crippen LogP contribution in [0.4, 0.5) is 17.5 Å². The van der Waals surface area contributed by atoms with Crippen LogP contribution < -0.4 is 16.8 Å². The van der Waals surface area contributed by atoms with Crippen LogP contribution in [0.5, 0.6) is 0 Å². The highest BCUT2D eigenvalue weighted by Gasteiger charge is 2.19. The van der Waals surface area contributed by atoms with Gasteiger partial charge in [0.25, 0.3) is 0 Å². The molecule has 0 bridgehead atoms. The number of amides is 1. The lowest BCUT2D eigenvalue weighted by molar-refractivity contribution is -0.114. The topological polar surface area (TPSA) is 144 Å². The maximum absolute atomic E-state index is 11.7. The monoisotopic (exact) mass is 337 g/mol. The Balaban J connectivity index is 2.35. The number of carbonyl (C=O) groups is 2. The van der Waals surface area contributed by atoms with E-state index in [2.05, 4.69) is 15.3 Å². The summed E-state index contributed by atoms with van der Waals surface area (Å²) >= 11 is 0. The third-order valence-corrected chi connectivity index (χ3v) is 3.61. The predicted molar refractivity (Wildman–Crippen MR) is 95.1 cm³/mol. The molecule has 2 aromatic carbocycles. The van der Waals surface area contributed by atoms with Gasteiger partial charge in [0.1, 0.15) is 5.82 Å². The Morgan fingerprint density at radius 1 is 1.12 bits per heavy atom. The van der Waals surface area contributed by atoms with Crippen LogP contribution in [0, 0.1) is 0 Å². The Hall–Kier alpha value is -3.68.